The second kappa shape index (κ2) is 8.53. The Morgan fingerprint density at radius 1 is 1.15 bits per heavy atom. The Bertz CT molecular complexity index is 679. The summed E-state index contributed by atoms with van der Waals surface area (Å²) in [5.74, 6) is -7.92. The van der Waals surface area contributed by atoms with Crippen molar-refractivity contribution in [3.63, 3.8) is 0 Å². The molecule has 4 nitrogen and oxygen atoms in total. The Morgan fingerprint density at radius 2 is 1.73 bits per heavy atom. The second-order valence-electron chi connectivity index (χ2n) is 5.82. The van der Waals surface area contributed by atoms with E-state index in [9.17, 15) is 27.2 Å². The molecule has 0 bridgehead atoms. The fourth-order valence-corrected chi connectivity index (χ4v) is 2.60. The van der Waals surface area contributed by atoms with E-state index in [1.807, 2.05) is 0 Å². The third kappa shape index (κ3) is 5.20. The van der Waals surface area contributed by atoms with Gasteiger partial charge in [-0.3, -0.25) is 9.59 Å². The van der Waals surface area contributed by atoms with Crippen molar-refractivity contribution < 1.29 is 31.9 Å². The lowest BCUT2D eigenvalue weighted by molar-refractivity contribution is -0.184. The zero-order valence-electron chi connectivity index (χ0n) is 13.4. The molecule has 2 rings (SSSR count). The van der Waals surface area contributed by atoms with Crippen molar-refractivity contribution in [2.45, 2.75) is 25.2 Å². The van der Waals surface area contributed by atoms with Gasteiger partial charge in [0, 0.05) is 10.7 Å². The highest BCUT2D eigenvalue weighted by molar-refractivity contribution is 6.30. The number of ether oxygens (including phenoxy) is 1. The van der Waals surface area contributed by atoms with Gasteiger partial charge in [0.2, 0.25) is 5.91 Å². The number of nitrogens with one attached hydrogen (secondary N) is 1. The van der Waals surface area contributed by atoms with Crippen LogP contribution in [-0.2, 0) is 14.3 Å². The summed E-state index contributed by atoms with van der Waals surface area (Å²) in [6.45, 7) is -1.73. The lowest BCUT2D eigenvalue weighted by Gasteiger charge is -2.26. The molecule has 0 radical (unpaired) electrons. The summed E-state index contributed by atoms with van der Waals surface area (Å²) in [5, 5.41) is 3.08. The van der Waals surface area contributed by atoms with Gasteiger partial charge < -0.3 is 10.1 Å². The number of carbonyl (C=O) groups excluding carboxylic acids is 2. The molecule has 0 heterocycles. The van der Waals surface area contributed by atoms with Gasteiger partial charge >= 0.3 is 18.3 Å². The number of amides is 1. The Labute approximate surface area is 152 Å². The van der Waals surface area contributed by atoms with Crippen molar-refractivity contribution in [1.29, 1.82) is 0 Å². The highest BCUT2D eigenvalue weighted by Gasteiger charge is 2.43. The van der Waals surface area contributed by atoms with E-state index in [0.717, 1.165) is 0 Å². The number of anilines is 1. The summed E-state index contributed by atoms with van der Waals surface area (Å²) in [6.07, 6.45) is -0.347. The van der Waals surface area contributed by atoms with E-state index < -0.39 is 42.7 Å². The third-order valence-electron chi connectivity index (χ3n) is 3.91. The van der Waals surface area contributed by atoms with Crippen LogP contribution in [0.4, 0.5) is 23.2 Å². The van der Waals surface area contributed by atoms with Crippen LogP contribution in [0.3, 0.4) is 0 Å². The Kier molecular flexibility index (Phi) is 6.63. The molecule has 2 atom stereocenters. The molecule has 1 aromatic rings. The predicted octanol–water partition coefficient (Wildman–Crippen LogP) is 4.30. The number of alkyl halides is 4. The molecule has 1 aromatic carbocycles. The summed E-state index contributed by atoms with van der Waals surface area (Å²) < 4.78 is 54.5. The van der Waals surface area contributed by atoms with E-state index in [2.05, 4.69) is 10.1 Å². The highest BCUT2D eigenvalue weighted by atomic mass is 35.5. The van der Waals surface area contributed by atoms with E-state index >= 15 is 0 Å². The molecule has 0 saturated heterocycles. The van der Waals surface area contributed by atoms with Gasteiger partial charge in [0.15, 0.2) is 6.61 Å². The summed E-state index contributed by atoms with van der Waals surface area (Å²) in [4.78, 5) is 24.5. The predicted molar refractivity (Wildman–Crippen MR) is 87.3 cm³/mol. The number of hydrogen-bond donors (Lipinski definition) is 1. The molecule has 142 valence electrons. The lowest BCUT2D eigenvalue weighted by atomic mass is 9.82. The first-order valence-electron chi connectivity index (χ1n) is 7.75. The molecule has 0 aromatic heterocycles. The summed E-state index contributed by atoms with van der Waals surface area (Å²) in [6, 6.07) is 6.26. The van der Waals surface area contributed by atoms with Gasteiger partial charge in [-0.15, -0.1) is 0 Å². The van der Waals surface area contributed by atoms with Crippen LogP contribution in [0.15, 0.2) is 36.4 Å². The van der Waals surface area contributed by atoms with Gasteiger partial charge in [0.25, 0.3) is 0 Å². The Balaban J connectivity index is 2.02. The molecule has 1 amide bonds. The van der Waals surface area contributed by atoms with Gasteiger partial charge in [-0.05, 0) is 37.1 Å². The minimum Gasteiger partial charge on any atom is -0.459 e. The van der Waals surface area contributed by atoms with Crippen LogP contribution in [0.2, 0.25) is 5.02 Å². The molecule has 0 fully saturated rings. The van der Waals surface area contributed by atoms with Crippen LogP contribution < -0.4 is 5.32 Å². The van der Waals surface area contributed by atoms with Crippen LogP contribution in [0.1, 0.15) is 12.8 Å². The molecule has 1 aliphatic rings. The monoisotopic (exact) mass is 393 g/mol. The minimum atomic E-state index is -4.43. The molecule has 1 N–H and O–H groups in total. The lowest BCUT2D eigenvalue weighted by Crippen LogP contribution is -2.39. The van der Waals surface area contributed by atoms with Crippen molar-refractivity contribution in [2.24, 2.45) is 11.8 Å². The minimum absolute atomic E-state index is 0.0950. The number of esters is 1. The molecule has 0 aliphatic heterocycles. The van der Waals surface area contributed by atoms with Crippen molar-refractivity contribution in [3.8, 4) is 0 Å². The molecular weight excluding hydrogens is 378 g/mol. The summed E-state index contributed by atoms with van der Waals surface area (Å²) in [7, 11) is 0. The average molecular weight is 394 g/mol. The molecule has 0 unspecified atom stereocenters. The number of rotatable bonds is 6. The number of carbonyl (C=O) groups is 2. The molecule has 9 heteroatoms. The first kappa shape index (κ1) is 20.2. The largest absolute Gasteiger partial charge is 0.459 e. The first-order chi connectivity index (χ1) is 12.2. The smallest absolute Gasteiger partial charge is 0.340 e. The van der Waals surface area contributed by atoms with Crippen molar-refractivity contribution >= 4 is 29.2 Å². The normalized spacial score (nSPS) is 20.1. The first-order valence-corrected chi connectivity index (χ1v) is 8.12. The van der Waals surface area contributed by atoms with Crippen LogP contribution >= 0.6 is 11.6 Å². The second-order valence-corrected chi connectivity index (χ2v) is 6.26. The van der Waals surface area contributed by atoms with Crippen molar-refractivity contribution in [1.82, 2.24) is 0 Å². The molecule has 1 aliphatic carbocycles. The van der Waals surface area contributed by atoms with Gasteiger partial charge in [-0.25, -0.2) is 8.78 Å². The zero-order valence-corrected chi connectivity index (χ0v) is 14.2. The fourth-order valence-electron chi connectivity index (χ4n) is 2.47. The molecule has 26 heavy (non-hydrogen) atoms. The number of benzene rings is 1. The summed E-state index contributed by atoms with van der Waals surface area (Å²) in [5.41, 5.74) is 0.449. The van der Waals surface area contributed by atoms with Gasteiger partial charge in [-0.2, -0.15) is 8.78 Å². The van der Waals surface area contributed by atoms with E-state index in [1.54, 1.807) is 36.4 Å². The average Bonchev–Trinajstić information content (AvgIpc) is 2.61. The zero-order chi connectivity index (χ0) is 19.3. The SMILES string of the molecule is O=C(Nc1ccc(Cl)cc1)[C@@H]1CC=CC[C@H]1C(=O)OCC(F)(F)C(F)F. The maximum Gasteiger partial charge on any atom is 0.340 e. The quantitative estimate of drug-likeness (QED) is 0.445. The maximum absolute atomic E-state index is 12.9. The number of hydrogen-bond acceptors (Lipinski definition) is 3. The standard InChI is InChI=1S/C17H16ClF4NO3/c18-10-5-7-11(8-6-10)23-14(24)12-3-1-2-4-13(12)15(25)26-9-17(21,22)16(19)20/h1-2,5-8,12-13,16H,3-4,9H2,(H,23,24)/t12-,13-/m1/s1. The molecular formula is C17H16ClF4NO3. The van der Waals surface area contributed by atoms with Gasteiger partial charge in [-0.1, -0.05) is 23.8 Å². The van der Waals surface area contributed by atoms with Crippen LogP contribution in [0, 0.1) is 11.8 Å². The summed E-state index contributed by atoms with van der Waals surface area (Å²) >= 11 is 5.76. The van der Waals surface area contributed by atoms with E-state index in [1.165, 1.54) is 0 Å². The van der Waals surface area contributed by atoms with Crippen LogP contribution in [0.5, 0.6) is 0 Å². The number of halogens is 5. The van der Waals surface area contributed by atoms with Crippen molar-refractivity contribution in [3.05, 3.63) is 41.4 Å². The van der Waals surface area contributed by atoms with Crippen LogP contribution in [-0.4, -0.2) is 30.8 Å². The van der Waals surface area contributed by atoms with Crippen molar-refractivity contribution in [2.75, 3.05) is 11.9 Å². The Hall–Kier alpha value is -2.09. The maximum atomic E-state index is 12.9. The topological polar surface area (TPSA) is 55.4 Å². The van der Waals surface area contributed by atoms with E-state index in [-0.39, 0.29) is 12.8 Å². The van der Waals surface area contributed by atoms with Gasteiger partial charge in [0.05, 0.1) is 11.8 Å². The van der Waals surface area contributed by atoms with E-state index in [0.29, 0.717) is 10.7 Å². The highest BCUT2D eigenvalue weighted by Crippen LogP contribution is 2.30. The third-order valence-corrected chi connectivity index (χ3v) is 4.16. The molecule has 0 saturated carbocycles. The van der Waals surface area contributed by atoms with Crippen LogP contribution in [0.25, 0.3) is 0 Å². The Morgan fingerprint density at radius 3 is 2.31 bits per heavy atom. The van der Waals surface area contributed by atoms with Gasteiger partial charge in [0.1, 0.15) is 0 Å². The number of allylic oxidation sites excluding steroid dienone is 2. The van der Waals surface area contributed by atoms with E-state index in [4.69, 9.17) is 11.6 Å². The fraction of sp³-hybridized carbons (Fsp3) is 0.412. The molecule has 0 spiro atoms.